The highest BCUT2D eigenvalue weighted by molar-refractivity contribution is 7.19. The lowest BCUT2D eigenvalue weighted by Crippen LogP contribution is -1.99. The molecule has 0 saturated heterocycles. The maximum atomic E-state index is 6.32. The molecule has 1 aliphatic rings. The molecular formula is C19H17NS. The number of benzene rings is 2. The first-order valence-corrected chi connectivity index (χ1v) is 8.12. The maximum absolute atomic E-state index is 6.32. The minimum atomic E-state index is 0.636. The second-order valence-electron chi connectivity index (χ2n) is 5.78. The Kier molecular flexibility index (Phi) is 2.86. The van der Waals surface area contributed by atoms with Gasteiger partial charge < -0.3 is 5.73 Å². The van der Waals surface area contributed by atoms with E-state index >= 15 is 0 Å². The average molecular weight is 291 g/mol. The van der Waals surface area contributed by atoms with E-state index in [9.17, 15) is 0 Å². The van der Waals surface area contributed by atoms with Gasteiger partial charge in [0, 0.05) is 26.2 Å². The molecule has 0 spiro atoms. The van der Waals surface area contributed by atoms with Crippen LogP contribution in [0.3, 0.4) is 0 Å². The van der Waals surface area contributed by atoms with Gasteiger partial charge in [-0.15, -0.1) is 11.3 Å². The zero-order valence-corrected chi connectivity index (χ0v) is 12.8. The summed E-state index contributed by atoms with van der Waals surface area (Å²) in [4.78, 5) is 1.49. The van der Waals surface area contributed by atoms with Crippen molar-refractivity contribution in [3.63, 3.8) is 0 Å². The van der Waals surface area contributed by atoms with Crippen molar-refractivity contribution in [2.45, 2.75) is 13.3 Å². The van der Waals surface area contributed by atoms with Crippen LogP contribution in [0.25, 0.3) is 27.3 Å². The Morgan fingerprint density at radius 1 is 1.14 bits per heavy atom. The highest BCUT2D eigenvalue weighted by atomic mass is 32.1. The normalized spacial score (nSPS) is 17.1. The van der Waals surface area contributed by atoms with E-state index in [4.69, 9.17) is 5.73 Å². The summed E-state index contributed by atoms with van der Waals surface area (Å²) in [6.45, 7) is 2.27. The summed E-state index contributed by atoms with van der Waals surface area (Å²) in [5.74, 6) is 0.636. The van der Waals surface area contributed by atoms with E-state index in [0.29, 0.717) is 5.92 Å². The van der Waals surface area contributed by atoms with Crippen molar-refractivity contribution in [2.24, 2.45) is 5.92 Å². The van der Waals surface area contributed by atoms with Crippen LogP contribution < -0.4 is 5.73 Å². The molecule has 21 heavy (non-hydrogen) atoms. The summed E-state index contributed by atoms with van der Waals surface area (Å²) in [5, 5.41) is 1.30. The molecule has 4 rings (SSSR count). The molecule has 1 unspecified atom stereocenters. The van der Waals surface area contributed by atoms with Crippen LogP contribution in [0, 0.1) is 5.92 Å². The van der Waals surface area contributed by atoms with Gasteiger partial charge in [0.1, 0.15) is 0 Å². The molecule has 0 fully saturated rings. The number of nitrogen functional groups attached to an aromatic ring is 1. The zero-order valence-electron chi connectivity index (χ0n) is 12.0. The monoisotopic (exact) mass is 291 g/mol. The maximum Gasteiger partial charge on any atom is 0.0400 e. The van der Waals surface area contributed by atoms with Crippen LogP contribution in [-0.2, 0) is 6.42 Å². The van der Waals surface area contributed by atoms with Crippen LogP contribution in [0.4, 0.5) is 5.69 Å². The van der Waals surface area contributed by atoms with Gasteiger partial charge in [-0.05, 0) is 35.6 Å². The van der Waals surface area contributed by atoms with Gasteiger partial charge in [0.05, 0.1) is 0 Å². The van der Waals surface area contributed by atoms with Crippen LogP contribution in [0.15, 0.2) is 48.5 Å². The fourth-order valence-corrected chi connectivity index (χ4v) is 4.41. The number of rotatable bonds is 1. The van der Waals surface area contributed by atoms with Crippen LogP contribution in [0.5, 0.6) is 0 Å². The summed E-state index contributed by atoms with van der Waals surface area (Å²) in [6, 6.07) is 14.8. The van der Waals surface area contributed by atoms with E-state index in [1.807, 2.05) is 17.4 Å². The quantitative estimate of drug-likeness (QED) is 0.600. The number of allylic oxidation sites excluding steroid dienone is 1. The summed E-state index contributed by atoms with van der Waals surface area (Å²) >= 11 is 1.91. The first-order valence-electron chi connectivity index (χ1n) is 7.31. The van der Waals surface area contributed by atoms with Gasteiger partial charge in [0.25, 0.3) is 0 Å². The van der Waals surface area contributed by atoms with Crippen molar-refractivity contribution < 1.29 is 0 Å². The molecule has 0 bridgehead atoms. The van der Waals surface area contributed by atoms with Crippen molar-refractivity contribution in [3.8, 4) is 11.1 Å². The molecule has 2 heteroatoms. The Balaban J connectivity index is 1.94. The summed E-state index contributed by atoms with van der Waals surface area (Å²) in [7, 11) is 0. The lowest BCUT2D eigenvalue weighted by atomic mass is 9.94. The third-order valence-corrected chi connectivity index (χ3v) is 5.35. The first-order chi connectivity index (χ1) is 10.2. The predicted molar refractivity (Wildman–Crippen MR) is 93.6 cm³/mol. The molecule has 104 valence electrons. The molecule has 3 aromatic rings. The van der Waals surface area contributed by atoms with Crippen molar-refractivity contribution >= 4 is 33.2 Å². The second-order valence-corrected chi connectivity index (χ2v) is 6.92. The fourth-order valence-electron chi connectivity index (χ4n) is 3.05. The Bertz CT molecular complexity index is 843. The second kappa shape index (κ2) is 4.74. The van der Waals surface area contributed by atoms with Gasteiger partial charge in [-0.1, -0.05) is 49.4 Å². The number of fused-ring (bicyclic) bond motifs is 3. The van der Waals surface area contributed by atoms with Crippen molar-refractivity contribution in [3.05, 3.63) is 59.0 Å². The molecule has 0 amide bonds. The molecule has 1 aromatic heterocycles. The van der Waals surface area contributed by atoms with E-state index < -0.39 is 0 Å². The van der Waals surface area contributed by atoms with E-state index in [1.54, 1.807) is 0 Å². The lowest BCUT2D eigenvalue weighted by molar-refractivity contribution is 0.728. The van der Waals surface area contributed by atoms with Crippen LogP contribution in [-0.4, -0.2) is 0 Å². The number of thiophene rings is 1. The van der Waals surface area contributed by atoms with E-state index in [2.05, 4.69) is 55.5 Å². The Labute approximate surface area is 128 Å². The van der Waals surface area contributed by atoms with Gasteiger partial charge in [-0.3, -0.25) is 0 Å². The van der Waals surface area contributed by atoms with Gasteiger partial charge >= 0.3 is 0 Å². The van der Waals surface area contributed by atoms with Crippen molar-refractivity contribution in [1.29, 1.82) is 0 Å². The Morgan fingerprint density at radius 3 is 2.76 bits per heavy atom. The number of hydrogen-bond acceptors (Lipinski definition) is 2. The molecule has 1 heterocycles. The first kappa shape index (κ1) is 12.7. The zero-order chi connectivity index (χ0) is 14.4. The number of hydrogen-bond donors (Lipinski definition) is 1. The van der Waals surface area contributed by atoms with Gasteiger partial charge in [0.2, 0.25) is 0 Å². The minimum Gasteiger partial charge on any atom is -0.398 e. The summed E-state index contributed by atoms with van der Waals surface area (Å²) in [5.41, 5.74) is 10.9. The lowest BCUT2D eigenvalue weighted by Gasteiger charge is -2.11. The highest BCUT2D eigenvalue weighted by Gasteiger charge is 2.17. The summed E-state index contributed by atoms with van der Waals surface area (Å²) < 4.78 is 1.34. The van der Waals surface area contributed by atoms with Crippen molar-refractivity contribution in [2.75, 3.05) is 5.73 Å². The summed E-state index contributed by atoms with van der Waals surface area (Å²) in [6.07, 6.45) is 5.71. The van der Waals surface area contributed by atoms with E-state index in [1.165, 1.54) is 26.1 Å². The van der Waals surface area contributed by atoms with Crippen LogP contribution in [0.1, 0.15) is 17.4 Å². The SMILES string of the molecule is CC1C=Cc2c(sc3cc(-c4ccccc4)c(N)cc23)C1. The van der Waals surface area contributed by atoms with E-state index in [-0.39, 0.29) is 0 Å². The Morgan fingerprint density at radius 2 is 1.95 bits per heavy atom. The molecule has 2 N–H and O–H groups in total. The molecule has 0 radical (unpaired) electrons. The topological polar surface area (TPSA) is 26.0 Å². The van der Waals surface area contributed by atoms with Gasteiger partial charge in [-0.25, -0.2) is 0 Å². The third kappa shape index (κ3) is 2.07. The van der Waals surface area contributed by atoms with E-state index in [0.717, 1.165) is 17.7 Å². The van der Waals surface area contributed by atoms with Crippen LogP contribution >= 0.6 is 11.3 Å². The molecule has 1 nitrogen and oxygen atoms in total. The molecule has 0 aliphatic heterocycles. The molecule has 1 aliphatic carbocycles. The van der Waals surface area contributed by atoms with Gasteiger partial charge in [-0.2, -0.15) is 0 Å². The highest BCUT2D eigenvalue weighted by Crippen LogP contribution is 2.41. The molecular weight excluding hydrogens is 274 g/mol. The van der Waals surface area contributed by atoms with Gasteiger partial charge in [0.15, 0.2) is 0 Å². The third-order valence-electron chi connectivity index (χ3n) is 4.16. The largest absolute Gasteiger partial charge is 0.398 e. The molecule has 1 atom stereocenters. The fraction of sp³-hybridized carbons (Fsp3) is 0.158. The van der Waals surface area contributed by atoms with Crippen molar-refractivity contribution in [1.82, 2.24) is 0 Å². The predicted octanol–water partition coefficient (Wildman–Crippen LogP) is 5.36. The molecule has 0 saturated carbocycles. The minimum absolute atomic E-state index is 0.636. The average Bonchev–Trinajstić information content (AvgIpc) is 2.83. The number of nitrogens with two attached hydrogens (primary N) is 1. The smallest absolute Gasteiger partial charge is 0.0400 e. The Hall–Kier alpha value is -2.06. The molecule has 2 aromatic carbocycles. The van der Waals surface area contributed by atoms with Crippen LogP contribution in [0.2, 0.25) is 0 Å². The standard InChI is InChI=1S/C19H17NS/c1-12-7-8-14-16-10-17(20)15(13-5-3-2-4-6-13)11-19(16)21-18(14)9-12/h2-8,10-12H,9,20H2,1H3. The number of anilines is 1.